The van der Waals surface area contributed by atoms with E-state index in [4.69, 9.17) is 11.5 Å². The number of nitrogens with zero attached hydrogens (tertiary/aromatic N) is 1. The first-order valence-electron chi connectivity index (χ1n) is 8.32. The number of anilines is 2. The summed E-state index contributed by atoms with van der Waals surface area (Å²) in [5.74, 6) is 0.251. The van der Waals surface area contributed by atoms with Crippen molar-refractivity contribution in [1.82, 2.24) is 0 Å². The third-order valence-corrected chi connectivity index (χ3v) is 4.63. The number of nitrogen functional groups attached to an aromatic ring is 2. The largest absolute Gasteiger partial charge is 0.508 e. The van der Waals surface area contributed by atoms with Gasteiger partial charge in [-0.3, -0.25) is 0 Å². The summed E-state index contributed by atoms with van der Waals surface area (Å²) in [7, 11) is 0. The van der Waals surface area contributed by atoms with Gasteiger partial charge in [-0.2, -0.15) is 4.57 Å². The molecule has 0 amide bonds. The zero-order chi connectivity index (χ0) is 17.6. The van der Waals surface area contributed by atoms with E-state index in [-0.39, 0.29) is 5.75 Å². The molecule has 0 aliphatic carbocycles. The van der Waals surface area contributed by atoms with Crippen LogP contribution in [0.5, 0.6) is 5.75 Å². The summed E-state index contributed by atoms with van der Waals surface area (Å²) in [6.07, 6.45) is 0. The summed E-state index contributed by atoms with van der Waals surface area (Å²) < 4.78 is 2.25. The molecule has 4 aromatic rings. The Morgan fingerprint density at radius 1 is 0.800 bits per heavy atom. The number of benzene rings is 3. The molecule has 0 bridgehead atoms. The van der Waals surface area contributed by atoms with E-state index < -0.39 is 0 Å². The van der Waals surface area contributed by atoms with Gasteiger partial charge in [0.2, 0.25) is 11.2 Å². The van der Waals surface area contributed by atoms with Crippen molar-refractivity contribution in [3.05, 3.63) is 60.7 Å². The average molecular weight is 330 g/mol. The van der Waals surface area contributed by atoms with Crippen molar-refractivity contribution < 1.29 is 9.67 Å². The van der Waals surface area contributed by atoms with Crippen LogP contribution in [-0.2, 0) is 6.54 Å². The molecule has 4 nitrogen and oxygen atoms in total. The van der Waals surface area contributed by atoms with E-state index in [1.165, 1.54) is 0 Å². The van der Waals surface area contributed by atoms with Gasteiger partial charge in [0, 0.05) is 28.4 Å². The maximum absolute atomic E-state index is 9.65. The fraction of sp³-hybridized carbons (Fsp3) is 0.0952. The van der Waals surface area contributed by atoms with E-state index in [2.05, 4.69) is 23.6 Å². The van der Waals surface area contributed by atoms with Gasteiger partial charge in [0.05, 0.1) is 10.8 Å². The highest BCUT2D eigenvalue weighted by molar-refractivity contribution is 6.10. The van der Waals surface area contributed by atoms with Crippen LogP contribution in [-0.4, -0.2) is 5.11 Å². The summed E-state index contributed by atoms with van der Waals surface area (Å²) >= 11 is 0. The number of aromatic hydroxyl groups is 1. The van der Waals surface area contributed by atoms with E-state index >= 15 is 0 Å². The molecule has 0 fully saturated rings. The van der Waals surface area contributed by atoms with E-state index in [0.717, 1.165) is 50.9 Å². The van der Waals surface area contributed by atoms with Gasteiger partial charge in [-0.25, -0.2) is 0 Å². The minimum absolute atomic E-state index is 0.251. The number of fused-ring (bicyclic) bond motifs is 3. The van der Waals surface area contributed by atoms with Crippen LogP contribution in [0.15, 0.2) is 60.7 Å². The summed E-state index contributed by atoms with van der Waals surface area (Å²) in [6, 6.07) is 19.3. The van der Waals surface area contributed by atoms with Crippen LogP contribution < -0.4 is 16.0 Å². The Morgan fingerprint density at radius 2 is 1.44 bits per heavy atom. The van der Waals surface area contributed by atoms with Gasteiger partial charge in [-0.05, 0) is 55.5 Å². The van der Waals surface area contributed by atoms with Crippen LogP contribution in [0.2, 0.25) is 0 Å². The fourth-order valence-corrected chi connectivity index (χ4v) is 3.52. The van der Waals surface area contributed by atoms with E-state index in [9.17, 15) is 5.11 Å². The lowest BCUT2D eigenvalue weighted by Gasteiger charge is -2.12. The van der Waals surface area contributed by atoms with Crippen LogP contribution in [0.25, 0.3) is 32.9 Å². The van der Waals surface area contributed by atoms with Crippen molar-refractivity contribution in [2.24, 2.45) is 0 Å². The Kier molecular flexibility index (Phi) is 3.46. The molecule has 124 valence electrons. The molecular formula is C21H20N3O+. The maximum atomic E-state index is 9.65. The molecule has 4 rings (SSSR count). The van der Waals surface area contributed by atoms with Crippen LogP contribution in [0.4, 0.5) is 11.4 Å². The Balaban J connectivity index is 2.24. The zero-order valence-electron chi connectivity index (χ0n) is 14.0. The lowest BCUT2D eigenvalue weighted by Crippen LogP contribution is -2.36. The highest BCUT2D eigenvalue weighted by Gasteiger charge is 2.22. The SMILES string of the molecule is CC[n+]1c(-c2ccc(O)cc2)c2cc(N)ccc2c2ccc(N)cc21. The highest BCUT2D eigenvalue weighted by Crippen LogP contribution is 2.33. The lowest BCUT2D eigenvalue weighted by atomic mass is 9.98. The van der Waals surface area contributed by atoms with Gasteiger partial charge < -0.3 is 16.6 Å². The average Bonchev–Trinajstić information content (AvgIpc) is 2.61. The van der Waals surface area contributed by atoms with Crippen molar-refractivity contribution in [1.29, 1.82) is 0 Å². The third kappa shape index (κ3) is 2.43. The number of hydrogen-bond donors (Lipinski definition) is 3. The molecule has 0 aliphatic heterocycles. The number of hydrogen-bond acceptors (Lipinski definition) is 3. The van der Waals surface area contributed by atoms with Gasteiger partial charge in [0.25, 0.3) is 0 Å². The first-order chi connectivity index (χ1) is 12.1. The molecule has 0 atom stereocenters. The van der Waals surface area contributed by atoms with Gasteiger partial charge in [0.15, 0.2) is 0 Å². The first kappa shape index (κ1) is 15.3. The Hall–Kier alpha value is -3.27. The monoisotopic (exact) mass is 330 g/mol. The molecular weight excluding hydrogens is 310 g/mol. The predicted octanol–water partition coefficient (Wildman–Crippen LogP) is 3.84. The number of aryl methyl sites for hydroxylation is 1. The quantitative estimate of drug-likeness (QED) is 0.297. The summed E-state index contributed by atoms with van der Waals surface area (Å²) in [4.78, 5) is 0. The molecule has 0 saturated carbocycles. The molecule has 0 aliphatic rings. The van der Waals surface area contributed by atoms with Gasteiger partial charge in [-0.1, -0.05) is 6.07 Å². The van der Waals surface area contributed by atoms with Gasteiger partial charge >= 0.3 is 0 Å². The van der Waals surface area contributed by atoms with Crippen molar-refractivity contribution in [2.45, 2.75) is 13.5 Å². The molecule has 1 aromatic heterocycles. The van der Waals surface area contributed by atoms with Crippen molar-refractivity contribution in [3.63, 3.8) is 0 Å². The van der Waals surface area contributed by atoms with Crippen LogP contribution in [0.3, 0.4) is 0 Å². The Labute approximate surface area is 145 Å². The van der Waals surface area contributed by atoms with E-state index in [1.54, 1.807) is 12.1 Å². The summed E-state index contributed by atoms with van der Waals surface area (Å²) in [5.41, 5.74) is 16.8. The molecule has 0 saturated heterocycles. The summed E-state index contributed by atoms with van der Waals surface area (Å²) in [5, 5.41) is 13.0. The minimum Gasteiger partial charge on any atom is -0.508 e. The Morgan fingerprint density at radius 3 is 2.12 bits per heavy atom. The minimum atomic E-state index is 0.251. The number of nitrogens with two attached hydrogens (primary N) is 2. The first-order valence-corrected chi connectivity index (χ1v) is 8.32. The van der Waals surface area contributed by atoms with Gasteiger partial charge in [0.1, 0.15) is 12.3 Å². The molecule has 25 heavy (non-hydrogen) atoms. The van der Waals surface area contributed by atoms with E-state index in [0.29, 0.717) is 0 Å². The molecule has 0 radical (unpaired) electrons. The van der Waals surface area contributed by atoms with Crippen LogP contribution in [0.1, 0.15) is 6.92 Å². The second-order valence-electron chi connectivity index (χ2n) is 6.22. The van der Waals surface area contributed by atoms with Crippen molar-refractivity contribution >= 4 is 33.1 Å². The standard InChI is InChI=1S/C21H19N3O/c1-2-24-20-12-15(23)6-10-18(20)17-9-5-14(22)11-19(17)21(24)13-3-7-16(25)8-4-13/h3-12H,2,22H2,1H3,(H2,23,25)/p+1. The number of rotatable bonds is 2. The number of aromatic nitrogens is 1. The lowest BCUT2D eigenvalue weighted by molar-refractivity contribution is -0.655. The summed E-state index contributed by atoms with van der Waals surface area (Å²) in [6.45, 7) is 2.91. The number of phenols is 1. The molecule has 4 heteroatoms. The molecule has 5 N–H and O–H groups in total. The normalized spacial score (nSPS) is 11.2. The second kappa shape index (κ2) is 5.67. The number of phenolic OH excluding ortho intramolecular Hbond substituents is 1. The zero-order valence-corrected chi connectivity index (χ0v) is 14.0. The second-order valence-corrected chi connectivity index (χ2v) is 6.22. The Bertz CT molecular complexity index is 1100. The molecule has 0 spiro atoms. The van der Waals surface area contributed by atoms with Crippen LogP contribution in [0, 0.1) is 0 Å². The smallest absolute Gasteiger partial charge is 0.220 e. The third-order valence-electron chi connectivity index (χ3n) is 4.63. The van der Waals surface area contributed by atoms with E-state index in [1.807, 2.05) is 36.4 Å². The van der Waals surface area contributed by atoms with Crippen LogP contribution >= 0.6 is 0 Å². The molecule has 0 unspecified atom stereocenters. The number of pyridine rings is 1. The maximum Gasteiger partial charge on any atom is 0.220 e. The fourth-order valence-electron chi connectivity index (χ4n) is 3.52. The topological polar surface area (TPSA) is 76.1 Å². The van der Waals surface area contributed by atoms with Gasteiger partial charge in [-0.15, -0.1) is 0 Å². The van der Waals surface area contributed by atoms with Crippen molar-refractivity contribution in [2.75, 3.05) is 11.5 Å². The molecule has 3 aromatic carbocycles. The highest BCUT2D eigenvalue weighted by atomic mass is 16.3. The molecule has 1 heterocycles. The predicted molar refractivity (Wildman–Crippen MR) is 103 cm³/mol. The van der Waals surface area contributed by atoms with Crippen molar-refractivity contribution in [3.8, 4) is 17.0 Å².